The molecule has 2 aromatic rings. The summed E-state index contributed by atoms with van der Waals surface area (Å²) in [5.41, 5.74) is 2.81. The third kappa shape index (κ3) is 6.75. The van der Waals surface area contributed by atoms with E-state index in [1.54, 1.807) is 60.2 Å². The number of anilines is 1. The molecular formula is C26H32N6O3. The molecule has 0 unspecified atom stereocenters. The van der Waals surface area contributed by atoms with Crippen LogP contribution in [0.25, 0.3) is 11.3 Å². The lowest BCUT2D eigenvalue weighted by atomic mass is 10.1. The van der Waals surface area contributed by atoms with Gasteiger partial charge in [-0.25, -0.2) is 9.78 Å². The van der Waals surface area contributed by atoms with E-state index in [0.717, 1.165) is 5.57 Å². The molecule has 0 aromatic carbocycles. The number of ether oxygens (including phenoxy) is 1. The van der Waals surface area contributed by atoms with Crippen LogP contribution >= 0.6 is 0 Å². The number of carbonyl (C=O) groups excluding carboxylic acids is 2. The molecule has 2 aromatic heterocycles. The Morgan fingerprint density at radius 3 is 2.74 bits per heavy atom. The number of hydrogen-bond donors (Lipinski definition) is 1. The van der Waals surface area contributed by atoms with E-state index < -0.39 is 5.60 Å². The minimum absolute atomic E-state index is 0.251. The van der Waals surface area contributed by atoms with Gasteiger partial charge < -0.3 is 15.0 Å². The summed E-state index contributed by atoms with van der Waals surface area (Å²) in [7, 11) is 1.77. The van der Waals surface area contributed by atoms with Crippen LogP contribution in [-0.2, 0) is 11.8 Å². The van der Waals surface area contributed by atoms with E-state index >= 15 is 0 Å². The van der Waals surface area contributed by atoms with Crippen LogP contribution < -0.4 is 5.32 Å². The van der Waals surface area contributed by atoms with Crippen LogP contribution in [0.15, 0.2) is 54.2 Å². The van der Waals surface area contributed by atoms with Gasteiger partial charge in [0.1, 0.15) is 17.0 Å². The fourth-order valence-corrected chi connectivity index (χ4v) is 3.54. The molecule has 9 heteroatoms. The first-order valence-corrected chi connectivity index (χ1v) is 11.4. The second kappa shape index (κ2) is 10.9. The molecule has 184 valence electrons. The van der Waals surface area contributed by atoms with Gasteiger partial charge >= 0.3 is 6.09 Å². The van der Waals surface area contributed by atoms with Crippen LogP contribution in [0.5, 0.6) is 0 Å². The Balaban J connectivity index is 1.80. The molecule has 0 radical (unpaired) electrons. The zero-order chi connectivity index (χ0) is 25.6. The highest BCUT2D eigenvalue weighted by atomic mass is 16.6. The third-order valence-electron chi connectivity index (χ3n) is 4.98. The van der Waals surface area contributed by atoms with Gasteiger partial charge in [0, 0.05) is 26.0 Å². The summed E-state index contributed by atoms with van der Waals surface area (Å²) < 4.78 is 7.11. The first kappa shape index (κ1) is 25.6. The molecule has 0 saturated heterocycles. The topological polar surface area (TPSA) is 102 Å². The Morgan fingerprint density at radius 2 is 2.06 bits per heavy atom. The van der Waals surface area contributed by atoms with Crippen molar-refractivity contribution in [2.45, 2.75) is 39.7 Å². The van der Waals surface area contributed by atoms with Crippen molar-refractivity contribution in [3.05, 3.63) is 66.3 Å². The van der Waals surface area contributed by atoms with Gasteiger partial charge in [0.05, 0.1) is 23.6 Å². The van der Waals surface area contributed by atoms with E-state index in [-0.39, 0.29) is 17.7 Å². The second-order valence-electron chi connectivity index (χ2n) is 9.02. The van der Waals surface area contributed by atoms with Gasteiger partial charge in [-0.05, 0) is 57.9 Å². The second-order valence-corrected chi connectivity index (χ2v) is 9.02. The molecule has 3 heterocycles. The molecule has 1 N–H and O–H groups in total. The molecule has 1 aliphatic heterocycles. The van der Waals surface area contributed by atoms with Crippen molar-refractivity contribution >= 4 is 35.2 Å². The van der Waals surface area contributed by atoms with Gasteiger partial charge in [-0.3, -0.25) is 14.5 Å². The lowest BCUT2D eigenvalue weighted by molar-refractivity contribution is 0.0273. The summed E-state index contributed by atoms with van der Waals surface area (Å²) in [6.07, 6.45) is 9.07. The van der Waals surface area contributed by atoms with Gasteiger partial charge in [0.2, 0.25) is 0 Å². The minimum atomic E-state index is -0.566. The summed E-state index contributed by atoms with van der Waals surface area (Å²) in [6, 6.07) is 5.26. The first-order valence-electron chi connectivity index (χ1n) is 11.4. The predicted molar refractivity (Wildman–Crippen MR) is 138 cm³/mol. The Morgan fingerprint density at radius 1 is 1.29 bits per heavy atom. The summed E-state index contributed by atoms with van der Waals surface area (Å²) in [4.78, 5) is 36.1. The zero-order valence-corrected chi connectivity index (χ0v) is 20.9. The van der Waals surface area contributed by atoms with Crippen LogP contribution in [-0.4, -0.2) is 56.6 Å². The normalized spacial score (nSPS) is 14.6. The molecule has 0 saturated carbocycles. The summed E-state index contributed by atoms with van der Waals surface area (Å²) in [5.74, 6) is -0.375. The Bertz CT molecular complexity index is 1200. The Hall–Kier alpha value is -4.01. The van der Waals surface area contributed by atoms with Crippen molar-refractivity contribution in [3.63, 3.8) is 0 Å². The predicted octanol–water partition coefficient (Wildman–Crippen LogP) is 4.71. The summed E-state index contributed by atoms with van der Waals surface area (Å²) in [5, 5.41) is 7.32. The molecule has 0 atom stereocenters. The van der Waals surface area contributed by atoms with E-state index in [4.69, 9.17) is 4.74 Å². The maximum Gasteiger partial charge on any atom is 0.410 e. The monoisotopic (exact) mass is 476 g/mol. The van der Waals surface area contributed by atoms with E-state index in [2.05, 4.69) is 27.0 Å². The molecule has 35 heavy (non-hydrogen) atoms. The molecule has 2 amide bonds. The fraction of sp³-hybridized carbons (Fsp3) is 0.346. The Kier molecular flexibility index (Phi) is 8.01. The van der Waals surface area contributed by atoms with Crippen LogP contribution in [0.1, 0.15) is 56.0 Å². The SMILES string of the molecule is C=C/C=C(\N=CC)c1nn(C)cc1NC(=O)c1cccc(C2=CCCN(C(=O)OC(C)(C)C)C2)n1. The lowest BCUT2D eigenvalue weighted by Gasteiger charge is -2.30. The third-order valence-corrected chi connectivity index (χ3v) is 4.98. The largest absolute Gasteiger partial charge is 0.444 e. The van der Waals surface area contributed by atoms with Crippen molar-refractivity contribution in [1.82, 2.24) is 19.7 Å². The molecule has 0 spiro atoms. The molecule has 3 rings (SSSR count). The maximum atomic E-state index is 13.1. The molecule has 1 aliphatic rings. The first-order chi connectivity index (χ1) is 16.6. The number of nitrogens with zero attached hydrogens (tertiary/aromatic N) is 5. The summed E-state index contributed by atoms with van der Waals surface area (Å²) >= 11 is 0. The van der Waals surface area contributed by atoms with Crippen LogP contribution in [0, 0.1) is 0 Å². The highest BCUT2D eigenvalue weighted by molar-refractivity contribution is 6.04. The number of rotatable bonds is 6. The van der Waals surface area contributed by atoms with Crippen molar-refractivity contribution in [2.24, 2.45) is 12.0 Å². The fourth-order valence-electron chi connectivity index (χ4n) is 3.54. The van der Waals surface area contributed by atoms with Crippen LogP contribution in [0.2, 0.25) is 0 Å². The number of aryl methyl sites for hydroxylation is 1. The van der Waals surface area contributed by atoms with E-state index in [9.17, 15) is 9.59 Å². The highest BCUT2D eigenvalue weighted by Gasteiger charge is 2.25. The van der Waals surface area contributed by atoms with Gasteiger partial charge in [0.25, 0.3) is 5.91 Å². The smallest absolute Gasteiger partial charge is 0.410 e. The van der Waals surface area contributed by atoms with Gasteiger partial charge in [0.15, 0.2) is 0 Å². The molecular weight excluding hydrogens is 444 g/mol. The number of aromatic nitrogens is 3. The molecule has 9 nitrogen and oxygen atoms in total. The average molecular weight is 477 g/mol. The van der Waals surface area contributed by atoms with E-state index in [1.165, 1.54) is 0 Å². The van der Waals surface area contributed by atoms with Crippen molar-refractivity contribution in [3.8, 4) is 0 Å². The van der Waals surface area contributed by atoms with Crippen molar-refractivity contribution in [1.29, 1.82) is 0 Å². The van der Waals surface area contributed by atoms with Gasteiger partial charge in [-0.2, -0.15) is 5.10 Å². The number of hydrogen-bond acceptors (Lipinski definition) is 6. The van der Waals surface area contributed by atoms with Crippen molar-refractivity contribution in [2.75, 3.05) is 18.4 Å². The molecule has 0 aliphatic carbocycles. The number of allylic oxidation sites excluding steroid dienone is 2. The number of pyridine rings is 1. The number of aliphatic imine (C=N–C) groups is 1. The van der Waals surface area contributed by atoms with Gasteiger partial charge in [-0.1, -0.05) is 24.8 Å². The average Bonchev–Trinajstić information content (AvgIpc) is 3.17. The van der Waals surface area contributed by atoms with Crippen LogP contribution in [0.3, 0.4) is 0 Å². The lowest BCUT2D eigenvalue weighted by Crippen LogP contribution is -2.39. The number of amides is 2. The van der Waals surface area contributed by atoms with Gasteiger partial charge in [-0.15, -0.1) is 0 Å². The number of carbonyl (C=O) groups is 2. The highest BCUT2D eigenvalue weighted by Crippen LogP contribution is 2.25. The maximum absolute atomic E-state index is 13.1. The standard InChI is InChI=1S/C26H32N6O3/c1-7-11-20(27-8-2)23-22(17-31(6)30-23)29-24(33)21-14-9-13-19(28-21)18-12-10-15-32(16-18)25(34)35-26(3,4)5/h7-9,11-14,17H,1,10,15-16H2,2-6H3,(H,29,33)/b20-11-,27-8?. The van der Waals surface area contributed by atoms with Crippen molar-refractivity contribution < 1.29 is 14.3 Å². The summed E-state index contributed by atoms with van der Waals surface area (Å²) in [6.45, 7) is 12.0. The zero-order valence-electron chi connectivity index (χ0n) is 20.9. The Labute approximate surface area is 205 Å². The van der Waals surface area contributed by atoms with E-state index in [0.29, 0.717) is 42.3 Å². The molecule has 0 fully saturated rings. The van der Waals surface area contributed by atoms with Crippen LogP contribution in [0.4, 0.5) is 10.5 Å². The van der Waals surface area contributed by atoms with E-state index in [1.807, 2.05) is 32.9 Å². The molecule has 0 bridgehead atoms. The quantitative estimate of drug-likeness (QED) is 0.481. The number of nitrogens with one attached hydrogen (secondary N) is 1. The minimum Gasteiger partial charge on any atom is -0.444 e.